The summed E-state index contributed by atoms with van der Waals surface area (Å²) >= 11 is 5.89. The summed E-state index contributed by atoms with van der Waals surface area (Å²) < 4.78 is 10.8. The zero-order chi connectivity index (χ0) is 13.8. The van der Waals surface area contributed by atoms with E-state index in [4.69, 9.17) is 20.9 Å². The molecule has 2 heterocycles. The van der Waals surface area contributed by atoms with Gasteiger partial charge in [0.25, 0.3) is 5.89 Å². The largest absolute Gasteiger partial charge is 0.484 e. The van der Waals surface area contributed by atoms with Crippen molar-refractivity contribution in [2.24, 2.45) is 0 Å². The highest BCUT2D eigenvalue weighted by Crippen LogP contribution is 2.23. The van der Waals surface area contributed by atoms with Crippen LogP contribution in [0.2, 0.25) is 5.02 Å². The Morgan fingerprint density at radius 3 is 3.00 bits per heavy atom. The van der Waals surface area contributed by atoms with E-state index in [0.717, 1.165) is 31.8 Å². The van der Waals surface area contributed by atoms with Crippen molar-refractivity contribution in [2.75, 3.05) is 13.1 Å². The molecule has 0 atom stereocenters. The van der Waals surface area contributed by atoms with Crippen molar-refractivity contribution < 1.29 is 9.26 Å². The predicted molar refractivity (Wildman–Crippen MR) is 74.9 cm³/mol. The normalized spacial score (nSPS) is 16.2. The SMILES string of the molecule is Clc1cccc(OCc2nc(C3CCNCC3)no2)c1. The van der Waals surface area contributed by atoms with Crippen molar-refractivity contribution in [3.05, 3.63) is 41.0 Å². The molecule has 2 aromatic rings. The Hall–Kier alpha value is -1.59. The van der Waals surface area contributed by atoms with Crippen LogP contribution in [0.25, 0.3) is 0 Å². The highest BCUT2D eigenvalue weighted by atomic mass is 35.5. The molecule has 1 N–H and O–H groups in total. The molecule has 1 aromatic carbocycles. The molecule has 1 aliphatic rings. The number of hydrogen-bond acceptors (Lipinski definition) is 5. The van der Waals surface area contributed by atoms with Crippen LogP contribution in [-0.4, -0.2) is 23.2 Å². The van der Waals surface area contributed by atoms with E-state index in [1.165, 1.54) is 0 Å². The minimum Gasteiger partial charge on any atom is -0.484 e. The number of halogens is 1. The molecule has 1 saturated heterocycles. The molecule has 0 radical (unpaired) electrons. The van der Waals surface area contributed by atoms with Gasteiger partial charge in [-0.15, -0.1) is 0 Å². The number of ether oxygens (including phenoxy) is 1. The minimum atomic E-state index is 0.262. The fraction of sp³-hybridized carbons (Fsp3) is 0.429. The van der Waals surface area contributed by atoms with Crippen LogP contribution in [0.1, 0.15) is 30.5 Å². The van der Waals surface area contributed by atoms with E-state index in [2.05, 4.69) is 15.5 Å². The fourth-order valence-corrected chi connectivity index (χ4v) is 2.45. The molecule has 1 aromatic heterocycles. The smallest absolute Gasteiger partial charge is 0.264 e. The molecule has 0 unspecified atom stereocenters. The van der Waals surface area contributed by atoms with Gasteiger partial charge in [0.1, 0.15) is 5.75 Å². The molecular formula is C14H16ClN3O2. The van der Waals surface area contributed by atoms with Crippen molar-refractivity contribution in [2.45, 2.75) is 25.4 Å². The number of hydrogen-bond donors (Lipinski definition) is 1. The van der Waals surface area contributed by atoms with E-state index in [1.807, 2.05) is 12.1 Å². The Morgan fingerprint density at radius 2 is 2.20 bits per heavy atom. The number of piperidine rings is 1. The molecule has 0 amide bonds. The van der Waals surface area contributed by atoms with Gasteiger partial charge in [0.15, 0.2) is 12.4 Å². The van der Waals surface area contributed by atoms with E-state index in [1.54, 1.807) is 12.1 Å². The molecule has 1 aliphatic heterocycles. The molecule has 6 heteroatoms. The summed E-state index contributed by atoms with van der Waals surface area (Å²) in [5.74, 6) is 2.37. The molecule has 106 valence electrons. The van der Waals surface area contributed by atoms with E-state index in [9.17, 15) is 0 Å². The molecule has 20 heavy (non-hydrogen) atoms. The number of benzene rings is 1. The van der Waals surface area contributed by atoms with E-state index >= 15 is 0 Å². The van der Waals surface area contributed by atoms with Gasteiger partial charge in [-0.1, -0.05) is 22.8 Å². The molecular weight excluding hydrogens is 278 g/mol. The van der Waals surface area contributed by atoms with Crippen LogP contribution in [0.4, 0.5) is 0 Å². The van der Waals surface area contributed by atoms with Crippen molar-refractivity contribution in [3.63, 3.8) is 0 Å². The number of nitrogens with one attached hydrogen (secondary N) is 1. The Morgan fingerprint density at radius 1 is 1.35 bits per heavy atom. The summed E-state index contributed by atoms with van der Waals surface area (Å²) in [6, 6.07) is 7.24. The van der Waals surface area contributed by atoms with Crippen LogP contribution in [-0.2, 0) is 6.61 Å². The maximum Gasteiger partial charge on any atom is 0.264 e. The molecule has 3 rings (SSSR count). The van der Waals surface area contributed by atoms with Crippen LogP contribution >= 0.6 is 11.6 Å². The lowest BCUT2D eigenvalue weighted by Crippen LogP contribution is -2.27. The molecule has 5 nitrogen and oxygen atoms in total. The Labute approximate surface area is 122 Å². The maximum absolute atomic E-state index is 5.89. The number of nitrogens with zero attached hydrogens (tertiary/aromatic N) is 2. The number of aromatic nitrogens is 2. The van der Waals surface area contributed by atoms with Gasteiger partial charge in [-0.25, -0.2) is 0 Å². The molecule has 0 spiro atoms. The summed E-state index contributed by atoms with van der Waals surface area (Å²) in [6.45, 7) is 2.28. The van der Waals surface area contributed by atoms with Gasteiger partial charge in [-0.3, -0.25) is 0 Å². The highest BCUT2D eigenvalue weighted by Gasteiger charge is 2.20. The highest BCUT2D eigenvalue weighted by molar-refractivity contribution is 6.30. The maximum atomic E-state index is 5.89. The van der Waals surface area contributed by atoms with E-state index < -0.39 is 0 Å². The zero-order valence-electron chi connectivity index (χ0n) is 11.0. The van der Waals surface area contributed by atoms with Crippen molar-refractivity contribution in [3.8, 4) is 5.75 Å². The van der Waals surface area contributed by atoms with Crippen molar-refractivity contribution >= 4 is 11.6 Å². The van der Waals surface area contributed by atoms with Crippen LogP contribution in [0, 0.1) is 0 Å². The Bertz CT molecular complexity index is 567. The zero-order valence-corrected chi connectivity index (χ0v) is 11.8. The third-order valence-electron chi connectivity index (χ3n) is 3.35. The fourth-order valence-electron chi connectivity index (χ4n) is 2.27. The lowest BCUT2D eigenvalue weighted by molar-refractivity contribution is 0.242. The third-order valence-corrected chi connectivity index (χ3v) is 3.58. The van der Waals surface area contributed by atoms with Gasteiger partial charge < -0.3 is 14.6 Å². The van der Waals surface area contributed by atoms with Gasteiger partial charge in [0.2, 0.25) is 0 Å². The van der Waals surface area contributed by atoms with Gasteiger partial charge >= 0.3 is 0 Å². The summed E-state index contributed by atoms with van der Waals surface area (Å²) in [4.78, 5) is 4.41. The first kappa shape index (κ1) is 13.4. The van der Waals surface area contributed by atoms with Crippen LogP contribution in [0.5, 0.6) is 5.75 Å². The second-order valence-corrected chi connectivity index (χ2v) is 5.25. The second-order valence-electron chi connectivity index (χ2n) is 4.82. The van der Waals surface area contributed by atoms with Crippen molar-refractivity contribution in [1.29, 1.82) is 0 Å². The number of rotatable bonds is 4. The average Bonchev–Trinajstić information content (AvgIpc) is 2.95. The third kappa shape index (κ3) is 3.29. The van der Waals surface area contributed by atoms with Crippen molar-refractivity contribution in [1.82, 2.24) is 15.5 Å². The topological polar surface area (TPSA) is 60.2 Å². The quantitative estimate of drug-likeness (QED) is 0.939. The molecule has 0 bridgehead atoms. The summed E-state index contributed by atoms with van der Waals surface area (Å²) in [5, 5.41) is 8.01. The molecule has 0 saturated carbocycles. The van der Waals surface area contributed by atoms with Crippen LogP contribution in [0.3, 0.4) is 0 Å². The lowest BCUT2D eigenvalue weighted by Gasteiger charge is -2.18. The Balaban J connectivity index is 1.59. The molecule has 0 aliphatic carbocycles. The first-order valence-corrected chi connectivity index (χ1v) is 7.10. The van der Waals surface area contributed by atoms with Gasteiger partial charge in [-0.2, -0.15) is 4.98 Å². The van der Waals surface area contributed by atoms with Gasteiger partial charge in [0, 0.05) is 10.9 Å². The first-order valence-electron chi connectivity index (χ1n) is 6.73. The summed E-state index contributed by atoms with van der Waals surface area (Å²) in [6.07, 6.45) is 2.10. The van der Waals surface area contributed by atoms with E-state index in [-0.39, 0.29) is 6.61 Å². The monoisotopic (exact) mass is 293 g/mol. The predicted octanol–water partition coefficient (Wildman–Crippen LogP) is 2.77. The van der Waals surface area contributed by atoms with Gasteiger partial charge in [-0.05, 0) is 44.1 Å². The van der Waals surface area contributed by atoms with Crippen LogP contribution < -0.4 is 10.1 Å². The second kappa shape index (κ2) is 6.24. The summed E-state index contributed by atoms with van der Waals surface area (Å²) in [5.41, 5.74) is 0. The average molecular weight is 294 g/mol. The lowest BCUT2D eigenvalue weighted by atomic mass is 9.98. The standard InChI is InChI=1S/C14H16ClN3O2/c15-11-2-1-3-12(8-11)19-9-13-17-14(18-20-13)10-4-6-16-7-5-10/h1-3,8,10,16H,4-7,9H2. The van der Waals surface area contributed by atoms with E-state index in [0.29, 0.717) is 22.6 Å². The van der Waals surface area contributed by atoms with Gasteiger partial charge in [0.05, 0.1) is 0 Å². The summed E-state index contributed by atoms with van der Waals surface area (Å²) in [7, 11) is 0. The Kier molecular flexibility index (Phi) is 4.18. The van der Waals surface area contributed by atoms with Crippen LogP contribution in [0.15, 0.2) is 28.8 Å². The first-order chi connectivity index (χ1) is 9.81. The molecule has 1 fully saturated rings. The minimum absolute atomic E-state index is 0.262.